The highest BCUT2D eigenvalue weighted by Crippen LogP contribution is 2.29. The molecule has 0 saturated carbocycles. The number of hydrogen-bond acceptors (Lipinski definition) is 3. The van der Waals surface area contributed by atoms with Gasteiger partial charge in [0.15, 0.2) is 0 Å². The monoisotopic (exact) mass is 248 g/mol. The molecule has 98 valence electrons. The van der Waals surface area contributed by atoms with E-state index in [0.29, 0.717) is 5.57 Å². The van der Waals surface area contributed by atoms with Gasteiger partial charge >= 0.3 is 5.97 Å². The Morgan fingerprint density at radius 1 is 1.28 bits per heavy atom. The third kappa shape index (κ3) is 3.33. The summed E-state index contributed by atoms with van der Waals surface area (Å²) >= 11 is 0. The molecule has 18 heavy (non-hydrogen) atoms. The summed E-state index contributed by atoms with van der Waals surface area (Å²) in [5.74, 6) is -0.301. The minimum Gasteiger partial charge on any atom is -0.460 e. The fraction of sp³-hybridized carbons (Fsp3) is 0.533. The van der Waals surface area contributed by atoms with E-state index in [-0.39, 0.29) is 19.2 Å². The number of carbonyl (C=O) groups is 1. The van der Waals surface area contributed by atoms with Crippen LogP contribution in [-0.4, -0.2) is 24.3 Å². The summed E-state index contributed by atoms with van der Waals surface area (Å²) in [5, 5.41) is 8.72. The van der Waals surface area contributed by atoms with Crippen LogP contribution in [0.5, 0.6) is 0 Å². The van der Waals surface area contributed by atoms with Crippen LogP contribution in [0.2, 0.25) is 0 Å². The van der Waals surface area contributed by atoms with Crippen molar-refractivity contribution >= 4 is 5.97 Å². The van der Waals surface area contributed by atoms with E-state index in [0.717, 1.165) is 37.7 Å². The summed E-state index contributed by atoms with van der Waals surface area (Å²) in [6.07, 6.45) is 12.7. The van der Waals surface area contributed by atoms with E-state index >= 15 is 0 Å². The summed E-state index contributed by atoms with van der Waals surface area (Å²) in [6.45, 7) is -0.0523. The average Bonchev–Trinajstić information content (AvgIpc) is 3.05. The molecule has 0 amide bonds. The van der Waals surface area contributed by atoms with Gasteiger partial charge in [-0.3, -0.25) is 0 Å². The molecular formula is C15H20O3. The van der Waals surface area contributed by atoms with Crippen LogP contribution in [-0.2, 0) is 9.53 Å². The van der Waals surface area contributed by atoms with E-state index in [2.05, 4.69) is 12.2 Å². The number of rotatable bonds is 5. The van der Waals surface area contributed by atoms with Crippen LogP contribution in [0.3, 0.4) is 0 Å². The smallest absolute Gasteiger partial charge is 0.338 e. The maximum Gasteiger partial charge on any atom is 0.338 e. The van der Waals surface area contributed by atoms with E-state index in [4.69, 9.17) is 9.84 Å². The van der Waals surface area contributed by atoms with Crippen molar-refractivity contribution in [3.8, 4) is 0 Å². The maximum absolute atomic E-state index is 12.0. The zero-order chi connectivity index (χ0) is 12.8. The molecular weight excluding hydrogens is 228 g/mol. The Bertz CT molecular complexity index is 402. The van der Waals surface area contributed by atoms with E-state index in [1.165, 1.54) is 12.0 Å². The molecule has 3 heteroatoms. The zero-order valence-corrected chi connectivity index (χ0v) is 10.7. The molecule has 0 saturated heterocycles. The molecule has 2 aliphatic rings. The average molecular weight is 248 g/mol. The molecule has 0 atom stereocenters. The summed E-state index contributed by atoms with van der Waals surface area (Å²) in [4.78, 5) is 12.0. The molecule has 1 N–H and O–H groups in total. The second kappa shape index (κ2) is 6.55. The summed E-state index contributed by atoms with van der Waals surface area (Å²) in [5.41, 5.74) is 3.03. The number of allylic oxidation sites excluding steroid dienone is 4. The highest BCUT2D eigenvalue weighted by Gasteiger charge is 2.19. The quantitative estimate of drug-likeness (QED) is 0.601. The second-order valence-electron chi connectivity index (χ2n) is 4.71. The van der Waals surface area contributed by atoms with Crippen molar-refractivity contribution in [3.05, 3.63) is 34.9 Å². The lowest BCUT2D eigenvalue weighted by Crippen LogP contribution is -2.12. The predicted molar refractivity (Wildman–Crippen MR) is 70.0 cm³/mol. The van der Waals surface area contributed by atoms with Gasteiger partial charge in [0.1, 0.15) is 6.61 Å². The number of aliphatic hydroxyl groups excluding tert-OH is 1. The summed E-state index contributed by atoms with van der Waals surface area (Å²) in [7, 11) is 0. The van der Waals surface area contributed by atoms with Gasteiger partial charge in [-0.05, 0) is 50.2 Å². The van der Waals surface area contributed by atoms with Gasteiger partial charge in [-0.25, -0.2) is 4.79 Å². The molecule has 0 aromatic rings. The lowest BCUT2D eigenvalue weighted by atomic mass is 10.0. The molecule has 0 aromatic heterocycles. The predicted octanol–water partition coefficient (Wildman–Crippen LogP) is 2.67. The molecule has 0 fully saturated rings. The Hall–Kier alpha value is -1.35. The number of aliphatic hydroxyl groups is 1. The first-order valence-electron chi connectivity index (χ1n) is 6.69. The lowest BCUT2D eigenvalue weighted by molar-refractivity contribution is -0.139. The Morgan fingerprint density at radius 3 is 2.67 bits per heavy atom. The highest BCUT2D eigenvalue weighted by atomic mass is 16.5. The number of carbonyl (C=O) groups excluding carboxylic acids is 1. The number of esters is 1. The molecule has 0 heterocycles. The van der Waals surface area contributed by atoms with Crippen LogP contribution < -0.4 is 0 Å². The SMILES string of the molecule is O=C(OCCO)/C(=C\C1=CCCC1)C1=CCCC1. The van der Waals surface area contributed by atoms with Crippen molar-refractivity contribution in [1.82, 2.24) is 0 Å². The maximum atomic E-state index is 12.0. The van der Waals surface area contributed by atoms with E-state index in [1.807, 2.05) is 6.08 Å². The Balaban J connectivity index is 2.14. The Labute approximate surface area is 108 Å². The molecule has 0 aliphatic heterocycles. The Kier molecular flexibility index (Phi) is 4.76. The van der Waals surface area contributed by atoms with Gasteiger partial charge < -0.3 is 9.84 Å². The third-order valence-corrected chi connectivity index (χ3v) is 3.34. The van der Waals surface area contributed by atoms with E-state index in [1.54, 1.807) is 0 Å². The van der Waals surface area contributed by atoms with Crippen molar-refractivity contribution in [2.45, 2.75) is 38.5 Å². The fourth-order valence-corrected chi connectivity index (χ4v) is 2.43. The van der Waals surface area contributed by atoms with Crippen LogP contribution in [0.1, 0.15) is 38.5 Å². The normalized spacial score (nSPS) is 19.7. The van der Waals surface area contributed by atoms with Crippen LogP contribution in [0.15, 0.2) is 34.9 Å². The van der Waals surface area contributed by atoms with Gasteiger partial charge in [-0.15, -0.1) is 0 Å². The first kappa shape index (κ1) is 13.1. The van der Waals surface area contributed by atoms with Gasteiger partial charge in [0, 0.05) is 0 Å². The summed E-state index contributed by atoms with van der Waals surface area (Å²) in [6, 6.07) is 0. The van der Waals surface area contributed by atoms with Crippen LogP contribution in [0.4, 0.5) is 0 Å². The lowest BCUT2D eigenvalue weighted by Gasteiger charge is -2.09. The number of hydrogen-bond donors (Lipinski definition) is 1. The van der Waals surface area contributed by atoms with Crippen molar-refractivity contribution in [2.24, 2.45) is 0 Å². The minimum absolute atomic E-state index is 0.0719. The summed E-state index contributed by atoms with van der Waals surface area (Å²) < 4.78 is 5.05. The zero-order valence-electron chi connectivity index (χ0n) is 10.7. The van der Waals surface area contributed by atoms with Crippen molar-refractivity contribution in [3.63, 3.8) is 0 Å². The molecule has 0 unspecified atom stereocenters. The van der Waals surface area contributed by atoms with Crippen molar-refractivity contribution in [2.75, 3.05) is 13.2 Å². The Morgan fingerprint density at radius 2 is 2.06 bits per heavy atom. The molecule has 0 spiro atoms. The van der Waals surface area contributed by atoms with Crippen LogP contribution in [0.25, 0.3) is 0 Å². The van der Waals surface area contributed by atoms with Gasteiger partial charge in [-0.2, -0.15) is 0 Å². The largest absolute Gasteiger partial charge is 0.460 e. The molecule has 2 aliphatic carbocycles. The minimum atomic E-state index is -0.301. The highest BCUT2D eigenvalue weighted by molar-refractivity contribution is 5.94. The van der Waals surface area contributed by atoms with Crippen molar-refractivity contribution < 1.29 is 14.6 Å². The molecule has 0 aromatic carbocycles. The standard InChI is InChI=1S/C15H20O3/c16-9-10-18-15(17)14(13-7-3-4-8-13)11-12-5-1-2-6-12/h5,7,11,16H,1-4,6,8-10H2/b14-11-. The third-order valence-electron chi connectivity index (χ3n) is 3.34. The molecule has 0 bridgehead atoms. The first-order chi connectivity index (χ1) is 8.81. The van der Waals surface area contributed by atoms with Gasteiger partial charge in [0.25, 0.3) is 0 Å². The molecule has 0 radical (unpaired) electrons. The first-order valence-corrected chi connectivity index (χ1v) is 6.69. The molecule has 2 rings (SSSR count). The van der Waals surface area contributed by atoms with Gasteiger partial charge in [-0.1, -0.05) is 17.7 Å². The second-order valence-corrected chi connectivity index (χ2v) is 4.71. The fourth-order valence-electron chi connectivity index (χ4n) is 2.43. The topological polar surface area (TPSA) is 46.5 Å². The van der Waals surface area contributed by atoms with Gasteiger partial charge in [0.05, 0.1) is 12.2 Å². The molecule has 3 nitrogen and oxygen atoms in total. The van der Waals surface area contributed by atoms with E-state index < -0.39 is 0 Å². The van der Waals surface area contributed by atoms with Gasteiger partial charge in [0.2, 0.25) is 0 Å². The van der Waals surface area contributed by atoms with Crippen LogP contribution >= 0.6 is 0 Å². The van der Waals surface area contributed by atoms with Crippen LogP contribution in [0, 0.1) is 0 Å². The number of ether oxygens (including phenoxy) is 1. The van der Waals surface area contributed by atoms with E-state index in [9.17, 15) is 4.79 Å². The van der Waals surface area contributed by atoms with Crippen molar-refractivity contribution in [1.29, 1.82) is 0 Å².